The Labute approximate surface area is 74.2 Å². The molecule has 0 aliphatic carbocycles. The standard InChI is InChI=1S/C6H11IO3/c1-6(2,9-3)5(8)10-4-7/h4H2,1-3H3. The highest BCUT2D eigenvalue weighted by atomic mass is 127. The van der Waals surface area contributed by atoms with E-state index >= 15 is 0 Å². The summed E-state index contributed by atoms with van der Waals surface area (Å²) >= 11 is 1.96. The van der Waals surface area contributed by atoms with E-state index in [-0.39, 0.29) is 5.97 Å². The van der Waals surface area contributed by atoms with Crippen molar-refractivity contribution in [2.24, 2.45) is 0 Å². The van der Waals surface area contributed by atoms with Gasteiger partial charge in [-0.05, 0) is 36.4 Å². The van der Waals surface area contributed by atoms with Crippen molar-refractivity contribution in [3.8, 4) is 0 Å². The van der Waals surface area contributed by atoms with Crippen molar-refractivity contribution in [2.45, 2.75) is 19.4 Å². The Hall–Kier alpha value is 0.160. The molecule has 0 atom stereocenters. The zero-order valence-electron chi connectivity index (χ0n) is 6.31. The van der Waals surface area contributed by atoms with Crippen LogP contribution in [0.3, 0.4) is 0 Å². The van der Waals surface area contributed by atoms with E-state index in [1.165, 1.54) is 7.11 Å². The molecule has 0 aromatic carbocycles. The molecule has 0 bridgehead atoms. The molecule has 0 unspecified atom stereocenters. The van der Waals surface area contributed by atoms with E-state index in [4.69, 9.17) is 9.47 Å². The third-order valence-electron chi connectivity index (χ3n) is 1.19. The van der Waals surface area contributed by atoms with E-state index in [1.54, 1.807) is 13.8 Å². The number of rotatable bonds is 3. The Balaban J connectivity index is 3.91. The van der Waals surface area contributed by atoms with E-state index in [9.17, 15) is 4.79 Å². The van der Waals surface area contributed by atoms with Gasteiger partial charge in [-0.1, -0.05) is 0 Å². The van der Waals surface area contributed by atoms with Gasteiger partial charge in [-0.25, -0.2) is 4.79 Å². The van der Waals surface area contributed by atoms with Crippen molar-refractivity contribution < 1.29 is 14.3 Å². The van der Waals surface area contributed by atoms with Crippen LogP contribution < -0.4 is 0 Å². The van der Waals surface area contributed by atoms with Gasteiger partial charge in [0, 0.05) is 7.11 Å². The minimum Gasteiger partial charge on any atom is -0.453 e. The lowest BCUT2D eigenvalue weighted by atomic mass is 10.1. The summed E-state index contributed by atoms with van der Waals surface area (Å²) in [5.41, 5.74) is -0.814. The van der Waals surface area contributed by atoms with E-state index in [2.05, 4.69) is 0 Å². The van der Waals surface area contributed by atoms with Crippen LogP contribution in [0.5, 0.6) is 0 Å². The molecule has 0 aliphatic heterocycles. The summed E-state index contributed by atoms with van der Waals surface area (Å²) in [6, 6.07) is 0. The van der Waals surface area contributed by atoms with E-state index in [0.717, 1.165) is 0 Å². The van der Waals surface area contributed by atoms with Gasteiger partial charge in [0.15, 0.2) is 5.60 Å². The summed E-state index contributed by atoms with van der Waals surface area (Å²) in [6.07, 6.45) is 0. The minimum absolute atomic E-state index is 0.329. The molecule has 10 heavy (non-hydrogen) atoms. The molecule has 0 spiro atoms. The van der Waals surface area contributed by atoms with Crippen molar-refractivity contribution in [3.05, 3.63) is 0 Å². The molecule has 0 radical (unpaired) electrons. The summed E-state index contributed by atoms with van der Waals surface area (Å²) < 4.78 is 9.96. The quantitative estimate of drug-likeness (QED) is 0.435. The summed E-state index contributed by atoms with van der Waals surface area (Å²) in [6.45, 7) is 3.34. The molecular weight excluding hydrogens is 247 g/mol. The van der Waals surface area contributed by atoms with Crippen molar-refractivity contribution in [1.82, 2.24) is 0 Å². The van der Waals surface area contributed by atoms with Crippen LogP contribution in [-0.4, -0.2) is 23.3 Å². The number of carbonyl (C=O) groups excluding carboxylic acids is 1. The Kier molecular flexibility index (Phi) is 4.19. The largest absolute Gasteiger partial charge is 0.453 e. The molecule has 0 aromatic heterocycles. The summed E-state index contributed by atoms with van der Waals surface area (Å²) in [4.78, 5) is 10.9. The Morgan fingerprint density at radius 2 is 2.10 bits per heavy atom. The molecule has 0 saturated carbocycles. The summed E-state index contributed by atoms with van der Waals surface area (Å²) in [5.74, 6) is -0.329. The maximum Gasteiger partial charge on any atom is 0.338 e. The van der Waals surface area contributed by atoms with Crippen LogP contribution in [0.2, 0.25) is 0 Å². The third-order valence-corrected chi connectivity index (χ3v) is 1.50. The number of esters is 1. The first-order valence-corrected chi connectivity index (χ1v) is 4.35. The summed E-state index contributed by atoms with van der Waals surface area (Å²) in [5, 5.41) is 0. The van der Waals surface area contributed by atoms with E-state index in [1.807, 2.05) is 22.6 Å². The molecule has 3 nitrogen and oxygen atoms in total. The van der Waals surface area contributed by atoms with Crippen LogP contribution in [0.15, 0.2) is 0 Å². The van der Waals surface area contributed by atoms with Crippen molar-refractivity contribution in [2.75, 3.05) is 11.7 Å². The van der Waals surface area contributed by atoms with Gasteiger partial charge in [0.25, 0.3) is 0 Å². The first kappa shape index (κ1) is 10.2. The Bertz CT molecular complexity index is 122. The average molecular weight is 258 g/mol. The number of hydrogen-bond acceptors (Lipinski definition) is 3. The van der Waals surface area contributed by atoms with Crippen LogP contribution in [0.4, 0.5) is 0 Å². The molecule has 0 amide bonds. The number of alkyl halides is 1. The van der Waals surface area contributed by atoms with Gasteiger partial charge in [0.05, 0.1) is 0 Å². The van der Waals surface area contributed by atoms with Gasteiger partial charge in [-0.3, -0.25) is 0 Å². The molecule has 4 heteroatoms. The second-order valence-electron chi connectivity index (χ2n) is 2.26. The third kappa shape index (κ3) is 2.83. The number of halogens is 1. The number of hydrogen-bond donors (Lipinski definition) is 0. The average Bonchev–Trinajstić information content (AvgIpc) is 1.89. The van der Waals surface area contributed by atoms with Crippen LogP contribution >= 0.6 is 22.6 Å². The zero-order valence-corrected chi connectivity index (χ0v) is 8.47. The molecule has 0 N–H and O–H groups in total. The van der Waals surface area contributed by atoms with Gasteiger partial charge in [-0.2, -0.15) is 0 Å². The molecule has 0 aromatic rings. The highest BCUT2D eigenvalue weighted by Crippen LogP contribution is 2.09. The first-order valence-electron chi connectivity index (χ1n) is 2.83. The number of methoxy groups -OCH3 is 1. The highest BCUT2D eigenvalue weighted by Gasteiger charge is 2.28. The molecule has 0 saturated heterocycles. The molecular formula is C6H11IO3. The monoisotopic (exact) mass is 258 g/mol. The smallest absolute Gasteiger partial charge is 0.338 e. The predicted octanol–water partition coefficient (Wildman–Crippen LogP) is 1.35. The fraction of sp³-hybridized carbons (Fsp3) is 0.833. The molecule has 60 valence electrons. The molecule has 0 fully saturated rings. The lowest BCUT2D eigenvalue weighted by Gasteiger charge is -2.19. The van der Waals surface area contributed by atoms with Crippen LogP contribution in [-0.2, 0) is 14.3 Å². The van der Waals surface area contributed by atoms with Gasteiger partial charge >= 0.3 is 5.97 Å². The van der Waals surface area contributed by atoms with Gasteiger partial charge in [0.1, 0.15) is 4.61 Å². The lowest BCUT2D eigenvalue weighted by molar-refractivity contribution is -0.162. The number of ether oxygens (including phenoxy) is 2. The molecule has 0 rings (SSSR count). The lowest BCUT2D eigenvalue weighted by Crippen LogP contribution is -2.35. The fourth-order valence-corrected chi connectivity index (χ4v) is 0.590. The highest BCUT2D eigenvalue weighted by molar-refractivity contribution is 14.1. The minimum atomic E-state index is -0.814. The fourth-order valence-electron chi connectivity index (χ4n) is 0.307. The first-order chi connectivity index (χ1) is 4.54. The van der Waals surface area contributed by atoms with Gasteiger partial charge < -0.3 is 9.47 Å². The van der Waals surface area contributed by atoms with Crippen LogP contribution in [0.1, 0.15) is 13.8 Å². The predicted molar refractivity (Wildman–Crippen MR) is 46.1 cm³/mol. The van der Waals surface area contributed by atoms with Gasteiger partial charge in [-0.15, -0.1) is 0 Å². The zero-order chi connectivity index (χ0) is 8.20. The second kappa shape index (κ2) is 4.12. The molecule has 0 aliphatic rings. The van der Waals surface area contributed by atoms with Crippen molar-refractivity contribution in [1.29, 1.82) is 0 Å². The van der Waals surface area contributed by atoms with Crippen molar-refractivity contribution >= 4 is 28.6 Å². The topological polar surface area (TPSA) is 35.5 Å². The normalized spacial score (nSPS) is 11.2. The Morgan fingerprint density at radius 1 is 1.60 bits per heavy atom. The van der Waals surface area contributed by atoms with Crippen molar-refractivity contribution in [3.63, 3.8) is 0 Å². The van der Waals surface area contributed by atoms with Crippen LogP contribution in [0.25, 0.3) is 0 Å². The second-order valence-corrected chi connectivity index (χ2v) is 2.88. The Morgan fingerprint density at radius 3 is 2.40 bits per heavy atom. The van der Waals surface area contributed by atoms with Crippen LogP contribution in [0, 0.1) is 0 Å². The molecule has 0 heterocycles. The van der Waals surface area contributed by atoms with E-state index in [0.29, 0.717) is 4.61 Å². The maximum atomic E-state index is 10.9. The number of carbonyl (C=O) groups is 1. The van der Waals surface area contributed by atoms with Gasteiger partial charge in [0.2, 0.25) is 0 Å². The van der Waals surface area contributed by atoms with E-state index < -0.39 is 5.60 Å². The SMILES string of the molecule is COC(C)(C)C(=O)OCI. The summed E-state index contributed by atoms with van der Waals surface area (Å²) in [7, 11) is 1.48. The maximum absolute atomic E-state index is 10.9.